The summed E-state index contributed by atoms with van der Waals surface area (Å²) in [6.07, 6.45) is 0. The summed E-state index contributed by atoms with van der Waals surface area (Å²) >= 11 is 21.2. The van der Waals surface area contributed by atoms with E-state index in [1.807, 2.05) is 224 Å². The van der Waals surface area contributed by atoms with Crippen molar-refractivity contribution in [3.8, 4) is 28.7 Å². The third kappa shape index (κ3) is 16.2. The molecule has 17 rings (SSSR count). The Hall–Kier alpha value is -10.9. The third-order valence-electron chi connectivity index (χ3n) is 17.6. The second-order valence-corrected chi connectivity index (χ2v) is 30.6. The molecule has 542 valence electrons. The molecule has 0 fully saturated rings. The number of aryl methyl sites for hydroxylation is 6. The molecule has 110 heavy (non-hydrogen) atoms. The fourth-order valence-electron chi connectivity index (χ4n) is 12.3. The van der Waals surface area contributed by atoms with E-state index in [9.17, 15) is 19.2 Å². The van der Waals surface area contributed by atoms with Crippen LogP contribution in [-0.4, -0.2) is 70.9 Å². The van der Waals surface area contributed by atoms with E-state index in [4.69, 9.17) is 38.6 Å². The van der Waals surface area contributed by atoms with Crippen LogP contribution in [0, 0.1) is 41.5 Å². The highest BCUT2D eigenvalue weighted by Crippen LogP contribution is 2.42. The molecule has 0 radical (unpaired) electrons. The van der Waals surface area contributed by atoms with Crippen molar-refractivity contribution in [1.29, 1.82) is 0 Å². The number of esters is 4. The molecule has 17 nitrogen and oxygen atoms in total. The molecule has 0 N–H and O–H groups in total. The van der Waals surface area contributed by atoms with Gasteiger partial charge in [0.15, 0.2) is 23.0 Å². The molecule has 0 atom stereocenters. The SMILES string of the molecule is COc1ccc(C(=O)Oc2c(C)cc(Br)c3nc4ccccc4nc23)cc1.Cc1cc(C)c(C(=O)Oc2c(Br)cc(Br)c3nc4ccccc4nc23)c(C)c1.Cc1ccc(C(=O)Oc2c(C)cc(Br)c3nc4ccccc4nc23)cc1.O=C(Oc1c(Br)cc(Br)c2nc3ccccc3nc12)c1ccc2ccccc2c1. The molecule has 0 saturated carbocycles. The van der Waals surface area contributed by atoms with Gasteiger partial charge in [-0.3, -0.25) is 0 Å². The monoisotopic (exact) mass is 1830 g/mol. The summed E-state index contributed by atoms with van der Waals surface area (Å²) in [6, 6.07) is 69.2. The minimum atomic E-state index is -0.459. The summed E-state index contributed by atoms with van der Waals surface area (Å²) in [5.41, 5.74) is 18.4. The highest BCUT2D eigenvalue weighted by atomic mass is 79.9. The highest BCUT2D eigenvalue weighted by molar-refractivity contribution is 9.11. The van der Waals surface area contributed by atoms with Gasteiger partial charge in [-0.2, -0.15) is 0 Å². The van der Waals surface area contributed by atoms with Gasteiger partial charge in [-0.25, -0.2) is 59.0 Å². The van der Waals surface area contributed by atoms with Crippen molar-refractivity contribution in [2.24, 2.45) is 0 Å². The highest BCUT2D eigenvalue weighted by Gasteiger charge is 2.25. The van der Waals surface area contributed by atoms with Crippen molar-refractivity contribution >= 4 is 218 Å². The zero-order chi connectivity index (χ0) is 77.2. The fraction of sp³-hybridized carbons (Fsp3) is 0.0805. The maximum atomic E-state index is 13.0. The largest absolute Gasteiger partial charge is 0.497 e. The lowest BCUT2D eigenvalue weighted by atomic mass is 10.00. The maximum absolute atomic E-state index is 13.0. The van der Waals surface area contributed by atoms with Gasteiger partial charge >= 0.3 is 23.9 Å². The number of hydrogen-bond acceptors (Lipinski definition) is 17. The van der Waals surface area contributed by atoms with Crippen LogP contribution in [0.1, 0.15) is 74.8 Å². The van der Waals surface area contributed by atoms with Crippen LogP contribution in [0.2, 0.25) is 0 Å². The van der Waals surface area contributed by atoms with Gasteiger partial charge in [-0.15, -0.1) is 0 Å². The van der Waals surface area contributed by atoms with E-state index < -0.39 is 23.9 Å². The summed E-state index contributed by atoms with van der Waals surface area (Å²) < 4.78 is 32.6. The molecule has 0 amide bonds. The smallest absolute Gasteiger partial charge is 0.344 e. The molecule has 17 aromatic rings. The molecular weight excluding hydrogens is 1780 g/mol. The fourth-order valence-corrected chi connectivity index (χ4v) is 16.2. The molecule has 0 saturated heterocycles. The van der Waals surface area contributed by atoms with E-state index in [2.05, 4.69) is 120 Å². The average Bonchev–Trinajstić information content (AvgIpc) is 0.780. The van der Waals surface area contributed by atoms with Gasteiger partial charge in [0.25, 0.3) is 0 Å². The van der Waals surface area contributed by atoms with Crippen molar-refractivity contribution < 1.29 is 42.9 Å². The van der Waals surface area contributed by atoms with Crippen molar-refractivity contribution in [3.63, 3.8) is 0 Å². The van der Waals surface area contributed by atoms with E-state index >= 15 is 0 Å². The maximum Gasteiger partial charge on any atom is 0.344 e. The lowest BCUT2D eigenvalue weighted by Crippen LogP contribution is -2.13. The van der Waals surface area contributed by atoms with Gasteiger partial charge in [0.1, 0.15) is 49.9 Å². The number of carbonyl (C=O) groups excluding carboxylic acids is 4. The number of rotatable bonds is 9. The minimum absolute atomic E-state index is 0.347. The number of hydrogen-bond donors (Lipinski definition) is 0. The van der Waals surface area contributed by atoms with Crippen LogP contribution in [0.4, 0.5) is 0 Å². The van der Waals surface area contributed by atoms with E-state index in [0.717, 1.165) is 106 Å². The lowest BCUT2D eigenvalue weighted by Gasteiger charge is -2.14. The molecular formula is C87H58Br6N8O9. The molecule has 0 spiro atoms. The second kappa shape index (κ2) is 32.7. The Kier molecular flexibility index (Phi) is 22.6. The van der Waals surface area contributed by atoms with E-state index in [1.165, 1.54) is 0 Å². The third-order valence-corrected chi connectivity index (χ3v) is 21.2. The standard InChI is InChI=1S/C23H12Br2N2O2.C22H16Br2N2O2.C21H15BrN2O3.C21H15BrN2O2/c24-16-12-17(25)22(21-20(16)26-18-7-3-4-8-19(18)27-21)29-23(28)15-10-9-13-5-1-2-6-14(13)11-15;1-11-8-12(2)18(13(3)9-11)22(27)28-21-15(24)10-14(23)19-20(21)26-17-7-5-4-6-16(17)25-19;1-12-11-15(22)18-19(24-17-6-4-3-5-16(17)23-18)20(12)27-21(25)13-7-9-14(26-2)10-8-13;1-12-7-9-14(10-8-12)21(25)26-20-13(2)11-15(22)18-19(20)24-17-6-4-3-5-16(17)23-18/h1-12H;4-10H,1-3H3;3-11H,1-2H3;3-11H,1-2H3. The summed E-state index contributed by atoms with van der Waals surface area (Å²) in [7, 11) is 1.58. The van der Waals surface area contributed by atoms with Gasteiger partial charge in [0, 0.05) is 17.9 Å². The van der Waals surface area contributed by atoms with Gasteiger partial charge in [0.05, 0.1) is 82.4 Å². The first-order valence-electron chi connectivity index (χ1n) is 34.0. The van der Waals surface area contributed by atoms with Gasteiger partial charge in [-0.05, 0) is 291 Å². The Labute approximate surface area is 679 Å². The quantitative estimate of drug-likeness (QED) is 0.0745. The molecule has 0 aliphatic heterocycles. The van der Waals surface area contributed by atoms with Crippen LogP contribution in [-0.2, 0) is 0 Å². The molecule has 4 aromatic heterocycles. The van der Waals surface area contributed by atoms with Crippen LogP contribution < -0.4 is 23.7 Å². The Bertz CT molecular complexity index is 6590. The van der Waals surface area contributed by atoms with Crippen molar-refractivity contribution in [2.45, 2.75) is 41.5 Å². The van der Waals surface area contributed by atoms with Crippen molar-refractivity contribution in [2.75, 3.05) is 7.11 Å². The Balaban J connectivity index is 0.000000122. The van der Waals surface area contributed by atoms with E-state index in [0.29, 0.717) is 104 Å². The predicted octanol–water partition coefficient (Wildman–Crippen LogP) is 23.6. The number of para-hydroxylation sites is 8. The summed E-state index contributed by atoms with van der Waals surface area (Å²) in [4.78, 5) is 88.6. The van der Waals surface area contributed by atoms with Gasteiger partial charge < -0.3 is 23.7 Å². The molecule has 0 aliphatic rings. The number of halogens is 6. The van der Waals surface area contributed by atoms with Crippen LogP contribution in [0.5, 0.6) is 28.7 Å². The zero-order valence-electron chi connectivity index (χ0n) is 59.4. The average molecular weight is 1840 g/mol. The molecule has 0 unspecified atom stereocenters. The first kappa shape index (κ1) is 75.9. The van der Waals surface area contributed by atoms with Gasteiger partial charge in [0.2, 0.25) is 0 Å². The predicted molar refractivity (Wildman–Crippen MR) is 452 cm³/mol. The molecule has 4 heterocycles. The number of ether oxygens (including phenoxy) is 5. The van der Waals surface area contributed by atoms with Crippen LogP contribution in [0.3, 0.4) is 0 Å². The number of fused-ring (bicyclic) bond motifs is 9. The zero-order valence-corrected chi connectivity index (χ0v) is 68.9. The molecule has 0 aliphatic carbocycles. The summed E-state index contributed by atoms with van der Waals surface area (Å²) in [5, 5.41) is 2.05. The van der Waals surface area contributed by atoms with Crippen molar-refractivity contribution in [1.82, 2.24) is 39.9 Å². The summed E-state index contributed by atoms with van der Waals surface area (Å²) in [5.74, 6) is 0.504. The first-order valence-corrected chi connectivity index (χ1v) is 38.8. The Morgan fingerprint density at radius 2 is 0.564 bits per heavy atom. The summed E-state index contributed by atoms with van der Waals surface area (Å²) in [6.45, 7) is 11.6. The molecule has 0 bridgehead atoms. The topological polar surface area (TPSA) is 218 Å². The normalized spacial score (nSPS) is 11.1. The number of benzene rings is 13. The number of aromatic nitrogens is 8. The lowest BCUT2D eigenvalue weighted by molar-refractivity contribution is 0.0724. The molecule has 13 aromatic carbocycles. The van der Waals surface area contributed by atoms with Crippen LogP contribution >= 0.6 is 95.6 Å². The first-order chi connectivity index (χ1) is 53.0. The number of carbonyl (C=O) groups is 4. The van der Waals surface area contributed by atoms with Gasteiger partial charge in [-0.1, -0.05) is 114 Å². The van der Waals surface area contributed by atoms with E-state index in [1.54, 1.807) is 49.6 Å². The van der Waals surface area contributed by atoms with Crippen molar-refractivity contribution in [3.05, 3.63) is 307 Å². The molecule has 23 heteroatoms. The number of nitrogens with zero attached hydrogens (tertiary/aromatic N) is 8. The Morgan fingerprint density at radius 3 is 0.945 bits per heavy atom. The van der Waals surface area contributed by atoms with Crippen LogP contribution in [0.15, 0.2) is 251 Å². The number of methoxy groups -OCH3 is 1. The Morgan fingerprint density at radius 1 is 0.264 bits per heavy atom. The minimum Gasteiger partial charge on any atom is -0.497 e. The van der Waals surface area contributed by atoms with E-state index in [-0.39, 0.29) is 0 Å². The van der Waals surface area contributed by atoms with Crippen LogP contribution in [0.25, 0.3) is 99.0 Å². The second-order valence-electron chi connectivity index (χ2n) is 25.5.